The summed E-state index contributed by atoms with van der Waals surface area (Å²) in [4.78, 5) is 13.3. The lowest BCUT2D eigenvalue weighted by atomic mass is 9.86. The molecular formula is C16H21NOS. The zero-order chi connectivity index (χ0) is 13.2. The van der Waals surface area contributed by atoms with Gasteiger partial charge in [0.05, 0.1) is 0 Å². The zero-order valence-electron chi connectivity index (χ0n) is 11.4. The van der Waals surface area contributed by atoms with Crippen LogP contribution in [0.2, 0.25) is 0 Å². The molecule has 0 aliphatic heterocycles. The Balaban J connectivity index is 1.53. The Morgan fingerprint density at radius 3 is 2.63 bits per heavy atom. The number of anilines is 1. The third-order valence-electron chi connectivity index (χ3n) is 4.71. The van der Waals surface area contributed by atoms with E-state index in [0.717, 1.165) is 17.5 Å². The maximum absolute atomic E-state index is 12.1. The summed E-state index contributed by atoms with van der Waals surface area (Å²) >= 11 is 1.72. The molecule has 2 saturated carbocycles. The SMILES string of the molecule is CSc1ccc(NC(=O)C[C@H]2C[C@@H]3CC[C@@H]2C3)cc1. The first-order valence-corrected chi connectivity index (χ1v) is 8.41. The summed E-state index contributed by atoms with van der Waals surface area (Å²) in [5, 5.41) is 3.03. The minimum Gasteiger partial charge on any atom is -0.326 e. The van der Waals surface area contributed by atoms with Crippen LogP contribution in [0.5, 0.6) is 0 Å². The van der Waals surface area contributed by atoms with Gasteiger partial charge in [-0.1, -0.05) is 6.42 Å². The molecule has 2 nitrogen and oxygen atoms in total. The summed E-state index contributed by atoms with van der Waals surface area (Å²) in [5.74, 6) is 2.58. The Kier molecular flexibility index (Phi) is 3.83. The third-order valence-corrected chi connectivity index (χ3v) is 5.45. The summed E-state index contributed by atoms with van der Waals surface area (Å²) in [6.07, 6.45) is 8.18. The van der Waals surface area contributed by atoms with Crippen molar-refractivity contribution in [2.75, 3.05) is 11.6 Å². The minimum atomic E-state index is 0.189. The molecule has 19 heavy (non-hydrogen) atoms. The lowest BCUT2D eigenvalue weighted by Crippen LogP contribution is -2.20. The highest BCUT2D eigenvalue weighted by molar-refractivity contribution is 7.98. The fraction of sp³-hybridized carbons (Fsp3) is 0.562. The predicted molar refractivity (Wildman–Crippen MR) is 80.4 cm³/mol. The van der Waals surface area contributed by atoms with Gasteiger partial charge < -0.3 is 5.32 Å². The molecule has 0 unspecified atom stereocenters. The van der Waals surface area contributed by atoms with Gasteiger partial charge in [0.2, 0.25) is 5.91 Å². The Morgan fingerprint density at radius 2 is 2.05 bits per heavy atom. The van der Waals surface area contributed by atoms with Gasteiger partial charge in [-0.15, -0.1) is 11.8 Å². The van der Waals surface area contributed by atoms with Crippen LogP contribution in [0.4, 0.5) is 5.69 Å². The van der Waals surface area contributed by atoms with Crippen molar-refractivity contribution in [2.45, 2.75) is 37.0 Å². The largest absolute Gasteiger partial charge is 0.326 e. The van der Waals surface area contributed by atoms with E-state index in [-0.39, 0.29) is 5.91 Å². The van der Waals surface area contributed by atoms with Crippen LogP contribution in [0.15, 0.2) is 29.2 Å². The number of nitrogens with one attached hydrogen (secondary N) is 1. The van der Waals surface area contributed by atoms with E-state index < -0.39 is 0 Å². The van der Waals surface area contributed by atoms with E-state index >= 15 is 0 Å². The second kappa shape index (κ2) is 5.58. The Hall–Kier alpha value is -0.960. The molecule has 0 saturated heterocycles. The highest BCUT2D eigenvalue weighted by atomic mass is 32.2. The summed E-state index contributed by atoms with van der Waals surface area (Å²) < 4.78 is 0. The number of rotatable bonds is 4. The number of hydrogen-bond donors (Lipinski definition) is 1. The average Bonchev–Trinajstić information content (AvgIpc) is 3.02. The molecule has 3 heteroatoms. The van der Waals surface area contributed by atoms with Gasteiger partial charge in [0.1, 0.15) is 0 Å². The number of carbonyl (C=O) groups is 1. The van der Waals surface area contributed by atoms with E-state index in [4.69, 9.17) is 0 Å². The summed E-state index contributed by atoms with van der Waals surface area (Å²) in [5.41, 5.74) is 0.922. The number of fused-ring (bicyclic) bond motifs is 2. The molecule has 1 N–H and O–H groups in total. The zero-order valence-corrected chi connectivity index (χ0v) is 12.2. The molecule has 0 spiro atoms. The number of carbonyl (C=O) groups excluding carboxylic acids is 1. The molecule has 102 valence electrons. The second-order valence-electron chi connectivity index (χ2n) is 5.92. The maximum atomic E-state index is 12.1. The molecule has 1 aromatic rings. The number of benzene rings is 1. The third kappa shape index (κ3) is 2.97. The number of hydrogen-bond acceptors (Lipinski definition) is 2. The van der Waals surface area contributed by atoms with Gasteiger partial charge in [-0.05, 0) is 67.5 Å². The topological polar surface area (TPSA) is 29.1 Å². The van der Waals surface area contributed by atoms with Crippen LogP contribution in [-0.4, -0.2) is 12.2 Å². The molecule has 3 atom stereocenters. The fourth-order valence-corrected chi connectivity index (χ4v) is 4.16. The molecule has 1 amide bonds. The lowest BCUT2D eigenvalue weighted by molar-refractivity contribution is -0.117. The van der Waals surface area contributed by atoms with Crippen LogP contribution in [0, 0.1) is 17.8 Å². The van der Waals surface area contributed by atoms with E-state index in [0.29, 0.717) is 12.3 Å². The molecule has 0 radical (unpaired) electrons. The minimum absolute atomic E-state index is 0.189. The first-order chi connectivity index (χ1) is 9.24. The van der Waals surface area contributed by atoms with Gasteiger partial charge in [0, 0.05) is 17.0 Å². The highest BCUT2D eigenvalue weighted by Crippen LogP contribution is 2.49. The Bertz CT molecular complexity index is 456. The summed E-state index contributed by atoms with van der Waals surface area (Å²) in [6, 6.07) is 8.09. The van der Waals surface area contributed by atoms with Crippen LogP contribution in [0.3, 0.4) is 0 Å². The van der Waals surface area contributed by atoms with E-state index in [1.165, 1.54) is 30.6 Å². The van der Waals surface area contributed by atoms with Gasteiger partial charge in [-0.25, -0.2) is 0 Å². The van der Waals surface area contributed by atoms with Crippen molar-refractivity contribution in [3.05, 3.63) is 24.3 Å². The summed E-state index contributed by atoms with van der Waals surface area (Å²) in [6.45, 7) is 0. The molecule has 2 aliphatic rings. The van der Waals surface area contributed by atoms with E-state index in [2.05, 4.69) is 23.7 Å². The Morgan fingerprint density at radius 1 is 1.26 bits per heavy atom. The molecular weight excluding hydrogens is 254 g/mol. The van der Waals surface area contributed by atoms with Crippen molar-refractivity contribution in [1.29, 1.82) is 0 Å². The first-order valence-electron chi connectivity index (χ1n) is 7.18. The summed E-state index contributed by atoms with van der Waals surface area (Å²) in [7, 11) is 0. The van der Waals surface area contributed by atoms with E-state index in [1.807, 2.05) is 12.1 Å². The standard InChI is InChI=1S/C16H21NOS/c1-19-15-6-4-14(5-7-15)17-16(18)10-13-9-11-2-3-12(13)8-11/h4-7,11-13H,2-3,8-10H2,1H3,(H,17,18)/t11-,12-,13-/m1/s1. The van der Waals surface area contributed by atoms with Gasteiger partial charge >= 0.3 is 0 Å². The van der Waals surface area contributed by atoms with Crippen molar-refractivity contribution >= 4 is 23.4 Å². The molecule has 0 heterocycles. The van der Waals surface area contributed by atoms with Crippen LogP contribution in [0.1, 0.15) is 32.1 Å². The molecule has 3 rings (SSSR count). The van der Waals surface area contributed by atoms with Crippen molar-refractivity contribution in [2.24, 2.45) is 17.8 Å². The van der Waals surface area contributed by atoms with Crippen LogP contribution in [-0.2, 0) is 4.79 Å². The average molecular weight is 275 g/mol. The van der Waals surface area contributed by atoms with E-state index in [9.17, 15) is 4.79 Å². The van der Waals surface area contributed by atoms with E-state index in [1.54, 1.807) is 11.8 Å². The molecule has 2 aliphatic carbocycles. The van der Waals surface area contributed by atoms with Crippen LogP contribution < -0.4 is 5.32 Å². The smallest absolute Gasteiger partial charge is 0.224 e. The fourth-order valence-electron chi connectivity index (χ4n) is 3.75. The van der Waals surface area contributed by atoms with Crippen molar-refractivity contribution in [3.63, 3.8) is 0 Å². The quantitative estimate of drug-likeness (QED) is 0.835. The number of amides is 1. The Labute approximate surface area is 119 Å². The highest BCUT2D eigenvalue weighted by Gasteiger charge is 2.40. The second-order valence-corrected chi connectivity index (χ2v) is 6.80. The lowest BCUT2D eigenvalue weighted by Gasteiger charge is -2.20. The molecule has 0 aromatic heterocycles. The first kappa shape index (κ1) is 13.0. The molecule has 2 fully saturated rings. The monoisotopic (exact) mass is 275 g/mol. The van der Waals surface area contributed by atoms with Crippen LogP contribution >= 0.6 is 11.8 Å². The van der Waals surface area contributed by atoms with Crippen molar-refractivity contribution in [3.8, 4) is 0 Å². The van der Waals surface area contributed by atoms with Gasteiger partial charge in [-0.2, -0.15) is 0 Å². The predicted octanol–water partition coefficient (Wildman–Crippen LogP) is 4.17. The molecule has 2 bridgehead atoms. The van der Waals surface area contributed by atoms with Gasteiger partial charge in [0.25, 0.3) is 0 Å². The van der Waals surface area contributed by atoms with Crippen molar-refractivity contribution in [1.82, 2.24) is 0 Å². The van der Waals surface area contributed by atoms with Crippen molar-refractivity contribution < 1.29 is 4.79 Å². The maximum Gasteiger partial charge on any atom is 0.224 e. The van der Waals surface area contributed by atoms with Gasteiger partial charge in [0.15, 0.2) is 0 Å². The normalized spacial score (nSPS) is 28.6. The van der Waals surface area contributed by atoms with Gasteiger partial charge in [-0.3, -0.25) is 4.79 Å². The molecule has 1 aromatic carbocycles. The van der Waals surface area contributed by atoms with Crippen LogP contribution in [0.25, 0.3) is 0 Å². The number of thioether (sulfide) groups is 1.